The van der Waals surface area contributed by atoms with Gasteiger partial charge >= 0.3 is 0 Å². The molecule has 19 heavy (non-hydrogen) atoms. The molecule has 1 unspecified atom stereocenters. The van der Waals surface area contributed by atoms with Crippen molar-refractivity contribution in [2.75, 3.05) is 13.7 Å². The topological polar surface area (TPSA) is 78.6 Å². The summed E-state index contributed by atoms with van der Waals surface area (Å²) >= 11 is 11.8. The van der Waals surface area contributed by atoms with E-state index in [0.29, 0.717) is 18.8 Å². The Bertz CT molecular complexity index is 548. The van der Waals surface area contributed by atoms with Crippen LogP contribution in [0.2, 0.25) is 10.0 Å². The van der Waals surface area contributed by atoms with Gasteiger partial charge in [-0.1, -0.05) is 23.2 Å². The maximum Gasteiger partial charge on any atom is 0.239 e. The van der Waals surface area contributed by atoms with Crippen molar-refractivity contribution in [2.45, 2.75) is 24.3 Å². The number of halogens is 2. The fourth-order valence-electron chi connectivity index (χ4n) is 1.38. The van der Waals surface area contributed by atoms with Crippen molar-refractivity contribution in [1.29, 1.82) is 0 Å². The predicted octanol–water partition coefficient (Wildman–Crippen LogP) is 2.44. The molecule has 108 valence electrons. The van der Waals surface area contributed by atoms with E-state index in [2.05, 4.69) is 0 Å². The summed E-state index contributed by atoms with van der Waals surface area (Å²) in [5.41, 5.74) is 0. The first-order chi connectivity index (χ1) is 8.75. The highest BCUT2D eigenvalue weighted by atomic mass is 35.5. The second-order valence-corrected chi connectivity index (χ2v) is 6.31. The largest absolute Gasteiger partial charge is 0.489 e. The number of rotatable bonds is 6. The summed E-state index contributed by atoms with van der Waals surface area (Å²) < 4.78 is 33.0. The first-order valence-electron chi connectivity index (χ1n) is 5.43. The van der Waals surface area contributed by atoms with Crippen LogP contribution >= 0.6 is 23.2 Å². The van der Waals surface area contributed by atoms with Crippen molar-refractivity contribution < 1.29 is 17.9 Å². The summed E-state index contributed by atoms with van der Waals surface area (Å²) in [6.07, 6.45) is 0.523. The number of primary sulfonamides is 1. The summed E-state index contributed by atoms with van der Waals surface area (Å²) in [6.45, 7) is 2.39. The molecule has 8 heteroatoms. The van der Waals surface area contributed by atoms with Crippen molar-refractivity contribution in [2.24, 2.45) is 5.14 Å². The van der Waals surface area contributed by atoms with Crippen molar-refractivity contribution >= 4 is 33.2 Å². The summed E-state index contributed by atoms with van der Waals surface area (Å²) in [5.74, 6) is 0.308. The number of nitrogens with two attached hydrogens (primary N) is 1. The smallest absolute Gasteiger partial charge is 0.239 e. The molecule has 5 nitrogen and oxygen atoms in total. The Balaban J connectivity index is 2.97. The lowest BCUT2D eigenvalue weighted by Crippen LogP contribution is -2.16. The molecule has 0 saturated carbocycles. The molecule has 0 amide bonds. The van der Waals surface area contributed by atoms with Gasteiger partial charge in [-0.3, -0.25) is 0 Å². The van der Waals surface area contributed by atoms with Crippen molar-refractivity contribution in [3.05, 3.63) is 22.2 Å². The van der Waals surface area contributed by atoms with E-state index in [-0.39, 0.29) is 21.0 Å². The zero-order valence-corrected chi connectivity index (χ0v) is 12.8. The number of methoxy groups -OCH3 is 1. The van der Waals surface area contributed by atoms with Crippen LogP contribution < -0.4 is 9.88 Å². The maximum absolute atomic E-state index is 11.3. The van der Waals surface area contributed by atoms with Crippen LogP contribution in [0.5, 0.6) is 5.75 Å². The Hall–Kier alpha value is -0.530. The number of ether oxygens (including phenoxy) is 2. The van der Waals surface area contributed by atoms with Crippen molar-refractivity contribution in [1.82, 2.24) is 0 Å². The molecule has 0 aliphatic heterocycles. The van der Waals surface area contributed by atoms with Crippen LogP contribution in [0.3, 0.4) is 0 Å². The van der Waals surface area contributed by atoms with Gasteiger partial charge in [-0.2, -0.15) is 0 Å². The average molecular weight is 328 g/mol. The fraction of sp³-hybridized carbons (Fsp3) is 0.455. The minimum Gasteiger partial charge on any atom is -0.489 e. The van der Waals surface area contributed by atoms with E-state index in [1.54, 1.807) is 7.11 Å². The van der Waals surface area contributed by atoms with E-state index in [0.717, 1.165) is 0 Å². The first kappa shape index (κ1) is 16.5. The second kappa shape index (κ2) is 6.76. The summed E-state index contributed by atoms with van der Waals surface area (Å²) in [5, 5.41) is 5.13. The van der Waals surface area contributed by atoms with Crippen LogP contribution in [-0.4, -0.2) is 28.2 Å². The summed E-state index contributed by atoms with van der Waals surface area (Å²) in [6, 6.07) is 2.52. The number of hydrogen-bond donors (Lipinski definition) is 1. The Labute approximate surface area is 122 Å². The van der Waals surface area contributed by atoms with Gasteiger partial charge in [0.25, 0.3) is 0 Å². The molecule has 1 rings (SSSR count). The SMILES string of the molecule is COCCC(C)Oc1cc(Cl)c(S(N)(=O)=O)cc1Cl. The van der Waals surface area contributed by atoms with Gasteiger partial charge in [-0.05, 0) is 13.0 Å². The average Bonchev–Trinajstić information content (AvgIpc) is 2.29. The molecule has 1 atom stereocenters. The van der Waals surface area contributed by atoms with Gasteiger partial charge in [0, 0.05) is 26.2 Å². The Kier molecular flexibility index (Phi) is 5.88. The summed E-state index contributed by atoms with van der Waals surface area (Å²) in [7, 11) is -2.31. The zero-order valence-electron chi connectivity index (χ0n) is 10.5. The van der Waals surface area contributed by atoms with E-state index in [1.165, 1.54) is 12.1 Å². The molecule has 0 bridgehead atoms. The van der Waals surface area contributed by atoms with Crippen LogP contribution in [0.4, 0.5) is 0 Å². The van der Waals surface area contributed by atoms with E-state index in [9.17, 15) is 8.42 Å². The molecule has 0 aliphatic rings. The van der Waals surface area contributed by atoms with Gasteiger partial charge in [-0.15, -0.1) is 0 Å². The molecule has 1 aromatic rings. The fourth-order valence-corrected chi connectivity index (χ4v) is 2.74. The van der Waals surface area contributed by atoms with Gasteiger partial charge in [0.15, 0.2) is 0 Å². The highest BCUT2D eigenvalue weighted by Crippen LogP contribution is 2.33. The van der Waals surface area contributed by atoms with Gasteiger partial charge < -0.3 is 9.47 Å². The minimum absolute atomic E-state index is 0.0270. The van der Waals surface area contributed by atoms with E-state index in [1.807, 2.05) is 6.92 Å². The number of sulfonamides is 1. The molecule has 0 heterocycles. The molecule has 0 saturated heterocycles. The molecule has 0 spiro atoms. The number of benzene rings is 1. The Morgan fingerprint density at radius 3 is 2.47 bits per heavy atom. The van der Waals surface area contributed by atoms with Gasteiger partial charge in [-0.25, -0.2) is 13.6 Å². The van der Waals surface area contributed by atoms with Crippen molar-refractivity contribution in [3.8, 4) is 5.75 Å². The highest BCUT2D eigenvalue weighted by molar-refractivity contribution is 7.89. The van der Waals surface area contributed by atoms with E-state index >= 15 is 0 Å². The maximum atomic E-state index is 11.3. The van der Waals surface area contributed by atoms with Gasteiger partial charge in [0.2, 0.25) is 10.0 Å². The van der Waals surface area contributed by atoms with E-state index in [4.69, 9.17) is 37.8 Å². The third kappa shape index (κ3) is 4.81. The predicted molar refractivity (Wildman–Crippen MR) is 74.4 cm³/mol. The summed E-state index contributed by atoms with van der Waals surface area (Å²) in [4.78, 5) is -0.226. The quantitative estimate of drug-likeness (QED) is 0.870. The molecule has 2 N–H and O–H groups in total. The van der Waals surface area contributed by atoms with Crippen LogP contribution in [0.1, 0.15) is 13.3 Å². The third-order valence-corrected chi connectivity index (χ3v) is 4.02. The monoisotopic (exact) mass is 327 g/mol. The highest BCUT2D eigenvalue weighted by Gasteiger charge is 2.17. The molecular formula is C11H15Cl2NO4S. The Morgan fingerprint density at radius 2 is 1.95 bits per heavy atom. The van der Waals surface area contributed by atoms with Gasteiger partial charge in [0.1, 0.15) is 10.6 Å². The molecule has 0 aromatic heterocycles. The molecular weight excluding hydrogens is 313 g/mol. The van der Waals surface area contributed by atoms with E-state index < -0.39 is 10.0 Å². The Morgan fingerprint density at radius 1 is 1.32 bits per heavy atom. The standard InChI is InChI=1S/C11H15Cl2NO4S/c1-7(3-4-17-2)18-10-5-9(13)11(6-8(10)12)19(14,15)16/h5-7H,3-4H2,1-2H3,(H2,14,15,16). The van der Waals surface area contributed by atoms with Crippen molar-refractivity contribution in [3.63, 3.8) is 0 Å². The van der Waals surface area contributed by atoms with Crippen LogP contribution in [-0.2, 0) is 14.8 Å². The minimum atomic E-state index is -3.91. The second-order valence-electron chi connectivity index (χ2n) is 3.97. The lowest BCUT2D eigenvalue weighted by atomic mass is 10.3. The molecule has 0 aliphatic carbocycles. The zero-order chi connectivity index (χ0) is 14.6. The molecule has 0 fully saturated rings. The third-order valence-electron chi connectivity index (χ3n) is 2.35. The molecule has 0 radical (unpaired) electrons. The lowest BCUT2D eigenvalue weighted by molar-refractivity contribution is 0.135. The molecule has 1 aromatic carbocycles. The first-order valence-corrected chi connectivity index (χ1v) is 7.73. The van der Waals surface area contributed by atoms with Crippen LogP contribution in [0.25, 0.3) is 0 Å². The lowest BCUT2D eigenvalue weighted by Gasteiger charge is -2.16. The number of hydrogen-bond acceptors (Lipinski definition) is 4. The normalized spacial score (nSPS) is 13.3. The van der Waals surface area contributed by atoms with Gasteiger partial charge in [0.05, 0.1) is 16.1 Å². The van der Waals surface area contributed by atoms with Crippen LogP contribution in [0, 0.1) is 0 Å². The van der Waals surface area contributed by atoms with Crippen LogP contribution in [0.15, 0.2) is 17.0 Å².